The molecule has 27 heavy (non-hydrogen) atoms. The van der Waals surface area contributed by atoms with Crippen molar-refractivity contribution in [1.82, 2.24) is 5.32 Å². The van der Waals surface area contributed by atoms with E-state index >= 15 is 0 Å². The second-order valence-electron chi connectivity index (χ2n) is 7.09. The number of aryl methyl sites for hydroxylation is 2. The molecule has 1 saturated heterocycles. The van der Waals surface area contributed by atoms with Crippen molar-refractivity contribution in [3.63, 3.8) is 0 Å². The summed E-state index contributed by atoms with van der Waals surface area (Å²) in [6.45, 7) is 6.18. The van der Waals surface area contributed by atoms with Crippen molar-refractivity contribution in [2.75, 3.05) is 19.7 Å². The summed E-state index contributed by atoms with van der Waals surface area (Å²) in [5.74, 6) is 0.155. The maximum absolute atomic E-state index is 12.8. The van der Waals surface area contributed by atoms with Crippen LogP contribution in [0.15, 0.2) is 36.4 Å². The zero-order chi connectivity index (χ0) is 19.4. The number of nitrogens with one attached hydrogen (secondary N) is 1. The first kappa shape index (κ1) is 19.5. The Kier molecular flexibility index (Phi) is 5.95. The summed E-state index contributed by atoms with van der Waals surface area (Å²) in [4.78, 5) is 0. The Morgan fingerprint density at radius 3 is 2.22 bits per heavy atom. The standard InChI is InChI=1S/C21H24F3NO2/c1-14-9-15(2)11-18(10-14)17-3-4-19(27-21(22,23)24)20(12-17)26-13-16-5-7-25-8-6-16/h3-4,9-12,16,25H,5-8,13H2,1-2H3. The summed E-state index contributed by atoms with van der Waals surface area (Å²) in [6.07, 6.45) is -2.85. The Hall–Kier alpha value is -2.21. The van der Waals surface area contributed by atoms with Crippen LogP contribution in [0.5, 0.6) is 11.5 Å². The molecule has 1 aliphatic rings. The van der Waals surface area contributed by atoms with Gasteiger partial charge in [0, 0.05) is 0 Å². The maximum Gasteiger partial charge on any atom is 0.573 e. The predicted molar refractivity (Wildman–Crippen MR) is 99.1 cm³/mol. The van der Waals surface area contributed by atoms with Crippen LogP contribution in [0, 0.1) is 19.8 Å². The highest BCUT2D eigenvalue weighted by atomic mass is 19.4. The largest absolute Gasteiger partial charge is 0.573 e. The maximum atomic E-state index is 12.8. The molecule has 6 heteroatoms. The quantitative estimate of drug-likeness (QED) is 0.770. The van der Waals surface area contributed by atoms with E-state index in [1.54, 1.807) is 12.1 Å². The van der Waals surface area contributed by atoms with Gasteiger partial charge in [0.15, 0.2) is 11.5 Å². The number of piperidine rings is 1. The normalized spacial score (nSPS) is 15.6. The van der Waals surface area contributed by atoms with E-state index in [9.17, 15) is 13.2 Å². The lowest BCUT2D eigenvalue weighted by Crippen LogP contribution is -2.30. The Morgan fingerprint density at radius 2 is 1.59 bits per heavy atom. The average molecular weight is 379 g/mol. The Bertz CT molecular complexity index is 763. The number of halogens is 3. The molecule has 0 saturated carbocycles. The van der Waals surface area contributed by atoms with Gasteiger partial charge in [0.25, 0.3) is 0 Å². The molecule has 0 amide bonds. The molecular weight excluding hydrogens is 355 g/mol. The third-order valence-electron chi connectivity index (χ3n) is 4.66. The van der Waals surface area contributed by atoms with Gasteiger partial charge >= 0.3 is 6.36 Å². The van der Waals surface area contributed by atoms with Gasteiger partial charge in [0.1, 0.15) is 0 Å². The first-order valence-electron chi connectivity index (χ1n) is 9.12. The van der Waals surface area contributed by atoms with Crippen LogP contribution >= 0.6 is 0 Å². The van der Waals surface area contributed by atoms with Crippen LogP contribution in [0.4, 0.5) is 13.2 Å². The molecule has 3 nitrogen and oxygen atoms in total. The van der Waals surface area contributed by atoms with Gasteiger partial charge in [-0.2, -0.15) is 0 Å². The van der Waals surface area contributed by atoms with E-state index in [4.69, 9.17) is 4.74 Å². The van der Waals surface area contributed by atoms with Gasteiger partial charge in [0.05, 0.1) is 6.61 Å². The van der Waals surface area contributed by atoms with E-state index in [1.807, 2.05) is 26.0 Å². The predicted octanol–water partition coefficient (Wildman–Crippen LogP) is 5.25. The van der Waals surface area contributed by atoms with E-state index in [0.29, 0.717) is 12.5 Å². The molecule has 2 aromatic carbocycles. The lowest BCUT2D eigenvalue weighted by molar-refractivity contribution is -0.275. The third-order valence-corrected chi connectivity index (χ3v) is 4.66. The highest BCUT2D eigenvalue weighted by Crippen LogP contribution is 2.37. The van der Waals surface area contributed by atoms with Gasteiger partial charge in [-0.1, -0.05) is 35.4 Å². The summed E-state index contributed by atoms with van der Waals surface area (Å²) in [5, 5.41) is 3.27. The van der Waals surface area contributed by atoms with Crippen LogP contribution in [0.25, 0.3) is 11.1 Å². The molecule has 3 rings (SSSR count). The number of ether oxygens (including phenoxy) is 2. The second kappa shape index (κ2) is 8.21. The van der Waals surface area contributed by atoms with Crippen LogP contribution in [-0.2, 0) is 0 Å². The van der Waals surface area contributed by atoms with Crippen molar-refractivity contribution in [2.45, 2.75) is 33.1 Å². The van der Waals surface area contributed by atoms with E-state index < -0.39 is 6.36 Å². The molecule has 0 radical (unpaired) electrons. The zero-order valence-corrected chi connectivity index (χ0v) is 15.5. The molecule has 1 aliphatic heterocycles. The highest BCUT2D eigenvalue weighted by molar-refractivity contribution is 5.68. The molecule has 146 valence electrons. The number of rotatable bonds is 5. The lowest BCUT2D eigenvalue weighted by atomic mass is 9.99. The topological polar surface area (TPSA) is 30.5 Å². The molecule has 1 heterocycles. The van der Waals surface area contributed by atoms with Crippen LogP contribution < -0.4 is 14.8 Å². The van der Waals surface area contributed by atoms with Crippen LogP contribution in [-0.4, -0.2) is 26.1 Å². The van der Waals surface area contributed by atoms with Crippen molar-refractivity contribution in [1.29, 1.82) is 0 Å². The third kappa shape index (κ3) is 5.63. The van der Waals surface area contributed by atoms with Gasteiger partial charge in [-0.05, 0) is 69.0 Å². The summed E-state index contributed by atoms with van der Waals surface area (Å²) in [5.41, 5.74) is 3.94. The van der Waals surface area contributed by atoms with Crippen molar-refractivity contribution in [2.24, 2.45) is 5.92 Å². The number of benzene rings is 2. The second-order valence-corrected chi connectivity index (χ2v) is 7.09. The van der Waals surface area contributed by atoms with Gasteiger partial charge in [-0.25, -0.2) is 0 Å². The molecule has 0 bridgehead atoms. The first-order valence-corrected chi connectivity index (χ1v) is 9.12. The molecule has 2 aromatic rings. The fourth-order valence-corrected chi connectivity index (χ4v) is 3.41. The molecular formula is C21H24F3NO2. The van der Waals surface area contributed by atoms with Crippen molar-refractivity contribution < 1.29 is 22.6 Å². The molecule has 1 fully saturated rings. The Balaban J connectivity index is 1.87. The molecule has 0 aliphatic carbocycles. The van der Waals surface area contributed by atoms with E-state index in [0.717, 1.165) is 48.2 Å². The van der Waals surface area contributed by atoms with Crippen LogP contribution in [0.2, 0.25) is 0 Å². The minimum absolute atomic E-state index is 0.127. The first-order chi connectivity index (χ1) is 12.8. The number of hydrogen-bond donors (Lipinski definition) is 1. The SMILES string of the molecule is Cc1cc(C)cc(-c2ccc(OC(F)(F)F)c(OCC3CCNCC3)c2)c1. The lowest BCUT2D eigenvalue weighted by Gasteiger charge is -2.23. The number of hydrogen-bond acceptors (Lipinski definition) is 3. The monoisotopic (exact) mass is 379 g/mol. The molecule has 1 N–H and O–H groups in total. The highest BCUT2D eigenvalue weighted by Gasteiger charge is 2.32. The number of alkyl halides is 3. The molecule has 0 unspecified atom stereocenters. The van der Waals surface area contributed by atoms with E-state index in [1.165, 1.54) is 6.07 Å². The molecule has 0 atom stereocenters. The average Bonchev–Trinajstić information content (AvgIpc) is 2.59. The molecule has 0 aromatic heterocycles. The zero-order valence-electron chi connectivity index (χ0n) is 15.5. The van der Waals surface area contributed by atoms with Gasteiger partial charge in [-0.3, -0.25) is 0 Å². The summed E-state index contributed by atoms with van der Waals surface area (Å²) in [6, 6.07) is 10.7. The van der Waals surface area contributed by atoms with E-state index in [-0.39, 0.29) is 11.5 Å². The minimum Gasteiger partial charge on any atom is -0.489 e. The fourth-order valence-electron chi connectivity index (χ4n) is 3.41. The Labute approximate surface area is 157 Å². The Morgan fingerprint density at radius 1 is 0.926 bits per heavy atom. The van der Waals surface area contributed by atoms with Crippen molar-refractivity contribution in [3.8, 4) is 22.6 Å². The smallest absolute Gasteiger partial charge is 0.489 e. The van der Waals surface area contributed by atoms with Crippen molar-refractivity contribution >= 4 is 0 Å². The summed E-state index contributed by atoms with van der Waals surface area (Å²) >= 11 is 0. The van der Waals surface area contributed by atoms with E-state index in [2.05, 4.69) is 16.1 Å². The van der Waals surface area contributed by atoms with Crippen LogP contribution in [0.1, 0.15) is 24.0 Å². The van der Waals surface area contributed by atoms with Gasteiger partial charge < -0.3 is 14.8 Å². The molecule has 0 spiro atoms. The minimum atomic E-state index is -4.76. The summed E-state index contributed by atoms with van der Waals surface area (Å²) in [7, 11) is 0. The van der Waals surface area contributed by atoms with Crippen molar-refractivity contribution in [3.05, 3.63) is 47.5 Å². The van der Waals surface area contributed by atoms with Crippen LogP contribution in [0.3, 0.4) is 0 Å². The van der Waals surface area contributed by atoms with Gasteiger partial charge in [0.2, 0.25) is 0 Å². The van der Waals surface area contributed by atoms with Gasteiger partial charge in [-0.15, -0.1) is 13.2 Å². The summed E-state index contributed by atoms with van der Waals surface area (Å²) < 4.78 is 48.2. The fraction of sp³-hybridized carbons (Fsp3) is 0.429.